The number of rotatable bonds is 6. The number of carbonyl (C=O) groups is 1. The van der Waals surface area contributed by atoms with Gasteiger partial charge in [0.05, 0.1) is 12.0 Å². The van der Waals surface area contributed by atoms with Crippen LogP contribution < -0.4 is 0 Å². The van der Waals surface area contributed by atoms with Gasteiger partial charge in [0.2, 0.25) is 0 Å². The third-order valence-corrected chi connectivity index (χ3v) is 10.2. The molecule has 2 aromatic rings. The number of hydrogen-bond donors (Lipinski definition) is 0. The van der Waals surface area contributed by atoms with Crippen molar-refractivity contribution in [2.45, 2.75) is 34.8 Å². The normalized spacial score (nSPS) is 16.8. The van der Waals surface area contributed by atoms with E-state index in [9.17, 15) is 17.4 Å². The summed E-state index contributed by atoms with van der Waals surface area (Å²) in [4.78, 5) is 12.9. The fourth-order valence-corrected chi connectivity index (χ4v) is 8.29. The van der Waals surface area contributed by atoms with Gasteiger partial charge in [0.15, 0.2) is 0 Å². The first kappa shape index (κ1) is 38.0. The van der Waals surface area contributed by atoms with E-state index < -0.39 is 36.9 Å². The SMILES string of the molecule is COC(=O)C(C1[CH][CH][CH]CC1)S(=O)(=NS(=O)(=O)c1ccc(C)cc1)c1ccccc1.[C-]#[O+].[C-]#[O+].[CH]1[CH][CH][CH][CH]1.[Mo]. The van der Waals surface area contributed by atoms with Crippen LogP contribution in [0.3, 0.4) is 0 Å². The standard InChI is InChI=1S/C22H24NO5S2.C5H5.2CO.Mo/c1-17-13-15-20(16-14-17)30(26,27)23-29(25,19-11-7-4-8-12-19)21(22(24)28-2)18-9-5-3-6-10-18;1-2-4-5-3-1;2*1-2;/h3-5,7-9,11-16,18,21H,6,10H2,1-2H3;1-5H;;;. The number of hydrogen-bond acceptors (Lipinski definition) is 5. The minimum absolute atomic E-state index is 0. The summed E-state index contributed by atoms with van der Waals surface area (Å²) in [5.74, 6) is -1.21. The molecule has 40 heavy (non-hydrogen) atoms. The number of benzene rings is 2. The van der Waals surface area contributed by atoms with Gasteiger partial charge in [-0.15, -0.1) is 3.77 Å². The molecule has 2 fully saturated rings. The van der Waals surface area contributed by atoms with Crippen molar-refractivity contribution in [3.05, 3.63) is 125 Å². The topological polar surface area (TPSA) is 130 Å². The first-order valence-corrected chi connectivity index (χ1v) is 14.6. The Hall–Kier alpha value is -2.02. The Bertz CT molecular complexity index is 1260. The second-order valence-corrected chi connectivity index (χ2v) is 12.1. The zero-order valence-electron chi connectivity index (χ0n) is 21.9. The zero-order chi connectivity index (χ0) is 29.3. The first-order valence-electron chi connectivity index (χ1n) is 11.6. The van der Waals surface area contributed by atoms with E-state index in [0.29, 0.717) is 12.8 Å². The van der Waals surface area contributed by atoms with Gasteiger partial charge in [-0.2, -0.15) is 8.42 Å². The molecular formula is C29H29MoNO7S2. The van der Waals surface area contributed by atoms with E-state index in [2.05, 4.69) is 17.1 Å². The monoisotopic (exact) mass is 665 g/mol. The molecule has 0 saturated heterocycles. The van der Waals surface area contributed by atoms with E-state index in [1.165, 1.54) is 31.4 Å². The van der Waals surface area contributed by atoms with Crippen LogP contribution in [-0.4, -0.2) is 31.0 Å². The molecule has 11 heteroatoms. The molecule has 2 aliphatic carbocycles. The Labute approximate surface area is 253 Å². The maximum absolute atomic E-state index is 14.4. The van der Waals surface area contributed by atoms with Gasteiger partial charge in [0, 0.05) is 26.0 Å². The molecule has 0 bridgehead atoms. The summed E-state index contributed by atoms with van der Waals surface area (Å²) < 4.78 is 64.4. The van der Waals surface area contributed by atoms with Crippen molar-refractivity contribution in [3.8, 4) is 0 Å². The summed E-state index contributed by atoms with van der Waals surface area (Å²) in [7, 11) is -6.83. The summed E-state index contributed by atoms with van der Waals surface area (Å²) >= 11 is 0. The van der Waals surface area contributed by atoms with Crippen LogP contribution in [0.1, 0.15) is 18.4 Å². The fraction of sp³-hybridized carbons (Fsp3) is 0.207. The summed E-state index contributed by atoms with van der Waals surface area (Å²) in [6.07, 6.45) is 16.7. The van der Waals surface area contributed by atoms with Crippen LogP contribution in [0.2, 0.25) is 0 Å². The molecule has 0 aromatic heterocycles. The molecular weight excluding hydrogens is 634 g/mol. The molecule has 0 aliphatic heterocycles. The molecule has 4 rings (SSSR count). The molecule has 2 aromatic carbocycles. The summed E-state index contributed by atoms with van der Waals surface area (Å²) in [6, 6.07) is 14.2. The molecule has 3 unspecified atom stereocenters. The Morgan fingerprint density at radius 3 is 1.85 bits per heavy atom. The second-order valence-electron chi connectivity index (χ2n) is 8.01. The average Bonchev–Trinajstić information content (AvgIpc) is 3.57. The third kappa shape index (κ3) is 11.1. The first-order chi connectivity index (χ1) is 18.8. The maximum Gasteiger partial charge on any atom is 0 e. The molecule has 8 radical (unpaired) electrons. The number of carbonyl (C=O) groups excluding carboxylic acids is 1. The third-order valence-electron chi connectivity index (χ3n) is 5.49. The molecule has 8 nitrogen and oxygen atoms in total. The smallest absolute Gasteiger partial charge is 0 e. The molecule has 2 saturated carbocycles. The number of methoxy groups -OCH3 is 1. The second kappa shape index (κ2) is 20.0. The van der Waals surface area contributed by atoms with Crippen LogP contribution in [0.25, 0.3) is 0 Å². The quantitative estimate of drug-likeness (QED) is 0.191. The zero-order valence-corrected chi connectivity index (χ0v) is 25.6. The van der Waals surface area contributed by atoms with E-state index in [-0.39, 0.29) is 30.9 Å². The number of sulfonamides is 1. The molecule has 0 N–H and O–H groups in total. The Morgan fingerprint density at radius 2 is 1.40 bits per heavy atom. The van der Waals surface area contributed by atoms with Gasteiger partial charge in [-0.05, 0) is 101 Å². The van der Waals surface area contributed by atoms with Gasteiger partial charge < -0.3 is 4.74 Å². The number of aryl methyl sites for hydroxylation is 1. The average molecular weight is 664 g/mol. The Kier molecular flexibility index (Phi) is 18.9. The molecule has 0 heterocycles. The van der Waals surface area contributed by atoms with Gasteiger partial charge in [-0.1, -0.05) is 35.9 Å². The van der Waals surface area contributed by atoms with Crippen molar-refractivity contribution in [1.29, 1.82) is 0 Å². The summed E-state index contributed by atoms with van der Waals surface area (Å²) in [6.45, 7) is 10.8. The maximum atomic E-state index is 14.4. The molecule has 0 spiro atoms. The van der Waals surface area contributed by atoms with Crippen LogP contribution in [0, 0.1) is 77.5 Å². The minimum Gasteiger partial charge on any atom is -0.0312 e. The molecule has 0 amide bonds. The van der Waals surface area contributed by atoms with E-state index in [4.69, 9.17) is 14.0 Å². The van der Waals surface area contributed by atoms with Crippen LogP contribution in [0.15, 0.2) is 68.2 Å². The van der Waals surface area contributed by atoms with Crippen LogP contribution in [-0.2, 0) is 59.7 Å². The minimum atomic E-state index is -4.30. The van der Waals surface area contributed by atoms with Gasteiger partial charge in [-0.3, -0.25) is 4.79 Å². The number of esters is 1. The number of nitrogens with zero attached hydrogens (tertiary/aromatic N) is 1. The number of ether oxygens (including phenoxy) is 1. The van der Waals surface area contributed by atoms with Crippen molar-refractivity contribution in [1.82, 2.24) is 0 Å². The fourth-order valence-electron chi connectivity index (χ4n) is 3.68. The van der Waals surface area contributed by atoms with Crippen LogP contribution >= 0.6 is 0 Å². The van der Waals surface area contributed by atoms with Crippen molar-refractivity contribution >= 4 is 25.7 Å². The van der Waals surface area contributed by atoms with Crippen LogP contribution in [0.4, 0.5) is 0 Å². The molecule has 3 atom stereocenters. The Morgan fingerprint density at radius 1 is 0.875 bits per heavy atom. The van der Waals surface area contributed by atoms with E-state index >= 15 is 0 Å². The van der Waals surface area contributed by atoms with E-state index in [1.807, 2.05) is 45.4 Å². The van der Waals surface area contributed by atoms with Gasteiger partial charge in [-0.25, -0.2) is 4.21 Å². The predicted octanol–water partition coefficient (Wildman–Crippen LogP) is 4.72. The predicted molar refractivity (Wildman–Crippen MR) is 144 cm³/mol. The van der Waals surface area contributed by atoms with Crippen LogP contribution in [0.5, 0.6) is 0 Å². The Balaban J connectivity index is 0.00000132. The van der Waals surface area contributed by atoms with E-state index in [1.54, 1.807) is 43.2 Å². The van der Waals surface area contributed by atoms with Crippen molar-refractivity contribution in [3.63, 3.8) is 0 Å². The van der Waals surface area contributed by atoms with Gasteiger partial charge in [0.1, 0.15) is 15.0 Å². The van der Waals surface area contributed by atoms with E-state index in [0.717, 1.165) is 5.56 Å². The van der Waals surface area contributed by atoms with Gasteiger partial charge >= 0.3 is 28.6 Å². The van der Waals surface area contributed by atoms with Crippen molar-refractivity contribution < 1.29 is 52.5 Å². The summed E-state index contributed by atoms with van der Waals surface area (Å²) in [5, 5.41) is -1.25. The van der Waals surface area contributed by atoms with Crippen molar-refractivity contribution in [2.24, 2.45) is 9.69 Å². The van der Waals surface area contributed by atoms with Gasteiger partial charge in [0.25, 0.3) is 10.0 Å². The largest absolute Gasteiger partial charge is 0.0312 e. The van der Waals surface area contributed by atoms with Crippen molar-refractivity contribution in [2.75, 3.05) is 7.11 Å². The molecule has 2 aliphatic rings. The molecule has 210 valence electrons. The summed E-state index contributed by atoms with van der Waals surface area (Å²) in [5.41, 5.74) is 0.883.